The number of nitrogens with one attached hydrogen (secondary N) is 1. The van der Waals surface area contributed by atoms with Crippen LogP contribution < -0.4 is 5.32 Å². The molecule has 0 aromatic carbocycles. The summed E-state index contributed by atoms with van der Waals surface area (Å²) in [7, 11) is 0. The van der Waals surface area contributed by atoms with Gasteiger partial charge in [-0.3, -0.25) is 4.79 Å². The van der Waals surface area contributed by atoms with Gasteiger partial charge in [0.05, 0.1) is 5.69 Å². The van der Waals surface area contributed by atoms with Gasteiger partial charge in [-0.1, -0.05) is 20.8 Å². The lowest BCUT2D eigenvalue weighted by atomic mass is 9.92. The summed E-state index contributed by atoms with van der Waals surface area (Å²) < 4.78 is 0. The molecule has 1 aliphatic heterocycles. The van der Waals surface area contributed by atoms with Crippen LogP contribution in [0.3, 0.4) is 0 Å². The standard InChI is InChI=1S/C17H26N4O/c1-17(2,3)14-10-15(19-11-18-14)20-13-6-8-21(9-7-13)16(22)12-4-5-12/h10-13H,4-9H2,1-3H3,(H,18,19,20). The van der Waals surface area contributed by atoms with Gasteiger partial charge in [-0.25, -0.2) is 9.97 Å². The molecule has 0 radical (unpaired) electrons. The minimum absolute atomic E-state index is 0.0272. The van der Waals surface area contributed by atoms with Crippen LogP contribution >= 0.6 is 0 Å². The third kappa shape index (κ3) is 3.57. The molecule has 2 heterocycles. The van der Waals surface area contributed by atoms with Crippen molar-refractivity contribution in [3.05, 3.63) is 18.1 Å². The van der Waals surface area contributed by atoms with E-state index in [0.717, 1.165) is 50.3 Å². The Bertz CT molecular complexity index is 540. The largest absolute Gasteiger partial charge is 0.367 e. The first-order valence-corrected chi connectivity index (χ1v) is 8.31. The van der Waals surface area contributed by atoms with Crippen molar-refractivity contribution in [1.82, 2.24) is 14.9 Å². The highest BCUT2D eigenvalue weighted by Gasteiger charge is 2.34. The lowest BCUT2D eigenvalue weighted by Crippen LogP contribution is -2.43. The molecule has 120 valence electrons. The lowest BCUT2D eigenvalue weighted by molar-refractivity contribution is -0.133. The molecule has 5 nitrogen and oxygen atoms in total. The number of amides is 1. The minimum atomic E-state index is 0.0272. The van der Waals surface area contributed by atoms with E-state index in [4.69, 9.17) is 0 Å². The number of piperidine rings is 1. The summed E-state index contributed by atoms with van der Waals surface area (Å²) in [6, 6.07) is 2.44. The van der Waals surface area contributed by atoms with Crippen LogP contribution in [0.15, 0.2) is 12.4 Å². The Labute approximate surface area is 132 Å². The van der Waals surface area contributed by atoms with Crippen LogP contribution in [-0.2, 0) is 10.2 Å². The third-order valence-electron chi connectivity index (χ3n) is 4.52. The Hall–Kier alpha value is -1.65. The number of hydrogen-bond donors (Lipinski definition) is 1. The van der Waals surface area contributed by atoms with Crippen LogP contribution in [-0.4, -0.2) is 39.9 Å². The van der Waals surface area contributed by atoms with E-state index in [1.165, 1.54) is 0 Å². The second kappa shape index (κ2) is 5.86. The van der Waals surface area contributed by atoms with Crippen LogP contribution in [0.5, 0.6) is 0 Å². The number of aromatic nitrogens is 2. The molecule has 1 saturated carbocycles. The zero-order valence-corrected chi connectivity index (χ0v) is 13.8. The highest BCUT2D eigenvalue weighted by atomic mass is 16.2. The molecule has 1 aromatic heterocycles. The van der Waals surface area contributed by atoms with Gasteiger partial charge < -0.3 is 10.2 Å². The maximum Gasteiger partial charge on any atom is 0.225 e. The first kappa shape index (κ1) is 15.3. The second-order valence-electron chi connectivity index (χ2n) is 7.56. The van der Waals surface area contributed by atoms with Crippen LogP contribution in [0.2, 0.25) is 0 Å². The molecular weight excluding hydrogens is 276 g/mol. The highest BCUT2D eigenvalue weighted by molar-refractivity contribution is 5.81. The molecule has 0 unspecified atom stereocenters. The topological polar surface area (TPSA) is 58.1 Å². The molecule has 5 heteroatoms. The first-order valence-electron chi connectivity index (χ1n) is 8.31. The summed E-state index contributed by atoms with van der Waals surface area (Å²) >= 11 is 0. The Kier molecular flexibility index (Phi) is 4.06. The predicted octanol–water partition coefficient (Wildman–Crippen LogP) is 2.59. The maximum absolute atomic E-state index is 12.1. The third-order valence-corrected chi connectivity index (χ3v) is 4.52. The van der Waals surface area contributed by atoms with Gasteiger partial charge in [0.15, 0.2) is 0 Å². The number of rotatable bonds is 3. The second-order valence-corrected chi connectivity index (χ2v) is 7.56. The van der Waals surface area contributed by atoms with Gasteiger partial charge in [-0.05, 0) is 25.7 Å². The van der Waals surface area contributed by atoms with Crippen molar-refractivity contribution in [2.45, 2.75) is 57.9 Å². The van der Waals surface area contributed by atoms with Gasteiger partial charge in [0.2, 0.25) is 5.91 Å². The number of nitrogens with zero attached hydrogens (tertiary/aromatic N) is 3. The van der Waals surface area contributed by atoms with Crippen molar-refractivity contribution in [2.24, 2.45) is 5.92 Å². The van der Waals surface area contributed by atoms with Gasteiger partial charge in [-0.15, -0.1) is 0 Å². The monoisotopic (exact) mass is 302 g/mol. The quantitative estimate of drug-likeness (QED) is 0.932. The van der Waals surface area contributed by atoms with E-state index in [-0.39, 0.29) is 5.41 Å². The van der Waals surface area contributed by atoms with Gasteiger partial charge in [0.25, 0.3) is 0 Å². The zero-order chi connectivity index (χ0) is 15.7. The Balaban J connectivity index is 1.55. The van der Waals surface area contributed by atoms with Crippen LogP contribution in [0.1, 0.15) is 52.1 Å². The fraction of sp³-hybridized carbons (Fsp3) is 0.706. The Morgan fingerprint density at radius 3 is 2.45 bits per heavy atom. The summed E-state index contributed by atoms with van der Waals surface area (Å²) in [5, 5.41) is 3.51. The average Bonchev–Trinajstić information content (AvgIpc) is 3.31. The van der Waals surface area contributed by atoms with Gasteiger partial charge in [0.1, 0.15) is 12.1 Å². The molecule has 1 aliphatic carbocycles. The molecule has 1 saturated heterocycles. The highest BCUT2D eigenvalue weighted by Crippen LogP contribution is 2.32. The van der Waals surface area contributed by atoms with Crippen molar-refractivity contribution >= 4 is 11.7 Å². The molecule has 2 aliphatic rings. The van der Waals surface area contributed by atoms with Crippen molar-refractivity contribution in [3.63, 3.8) is 0 Å². The fourth-order valence-corrected chi connectivity index (χ4v) is 2.89. The average molecular weight is 302 g/mol. The molecule has 0 bridgehead atoms. The molecule has 3 rings (SSSR count). The summed E-state index contributed by atoms with van der Waals surface area (Å²) in [6.07, 6.45) is 5.80. The number of anilines is 1. The molecule has 2 fully saturated rings. The van der Waals surface area contributed by atoms with E-state index in [2.05, 4.69) is 36.1 Å². The SMILES string of the molecule is CC(C)(C)c1cc(NC2CCN(C(=O)C3CC3)CC2)ncn1. The van der Waals surface area contributed by atoms with Gasteiger partial charge in [-0.2, -0.15) is 0 Å². The van der Waals surface area contributed by atoms with Crippen molar-refractivity contribution in [3.8, 4) is 0 Å². The number of likely N-dealkylation sites (tertiary alicyclic amines) is 1. The van der Waals surface area contributed by atoms with E-state index < -0.39 is 0 Å². The summed E-state index contributed by atoms with van der Waals surface area (Å²) in [6.45, 7) is 8.19. The first-order chi connectivity index (χ1) is 10.4. The van der Waals surface area contributed by atoms with Crippen LogP contribution in [0.25, 0.3) is 0 Å². The lowest BCUT2D eigenvalue weighted by Gasteiger charge is -2.33. The summed E-state index contributed by atoms with van der Waals surface area (Å²) in [4.78, 5) is 22.8. The molecule has 1 amide bonds. The summed E-state index contributed by atoms with van der Waals surface area (Å²) in [5.74, 6) is 1.60. The fourth-order valence-electron chi connectivity index (χ4n) is 2.89. The molecule has 0 atom stereocenters. The van der Waals surface area contributed by atoms with Gasteiger partial charge in [0, 0.05) is 36.5 Å². The zero-order valence-electron chi connectivity index (χ0n) is 13.8. The Morgan fingerprint density at radius 2 is 1.86 bits per heavy atom. The van der Waals surface area contributed by atoms with E-state index in [0.29, 0.717) is 17.9 Å². The molecule has 22 heavy (non-hydrogen) atoms. The van der Waals surface area contributed by atoms with E-state index in [9.17, 15) is 4.79 Å². The van der Waals surface area contributed by atoms with E-state index in [1.807, 2.05) is 11.0 Å². The number of carbonyl (C=O) groups is 1. The number of carbonyl (C=O) groups excluding carboxylic acids is 1. The maximum atomic E-state index is 12.1. The van der Waals surface area contributed by atoms with Crippen molar-refractivity contribution < 1.29 is 4.79 Å². The summed E-state index contributed by atoms with van der Waals surface area (Å²) in [5.41, 5.74) is 1.07. The van der Waals surface area contributed by atoms with Gasteiger partial charge >= 0.3 is 0 Å². The molecule has 0 spiro atoms. The van der Waals surface area contributed by atoms with E-state index in [1.54, 1.807) is 6.33 Å². The van der Waals surface area contributed by atoms with Crippen LogP contribution in [0.4, 0.5) is 5.82 Å². The van der Waals surface area contributed by atoms with Crippen LogP contribution in [0, 0.1) is 5.92 Å². The molecule has 1 aromatic rings. The smallest absolute Gasteiger partial charge is 0.225 e. The normalized spacial score (nSPS) is 20.0. The number of hydrogen-bond acceptors (Lipinski definition) is 4. The molecule has 1 N–H and O–H groups in total. The minimum Gasteiger partial charge on any atom is -0.367 e. The van der Waals surface area contributed by atoms with Crippen molar-refractivity contribution in [2.75, 3.05) is 18.4 Å². The molecular formula is C17H26N4O. The van der Waals surface area contributed by atoms with E-state index >= 15 is 0 Å². The van der Waals surface area contributed by atoms with Crippen molar-refractivity contribution in [1.29, 1.82) is 0 Å². The Morgan fingerprint density at radius 1 is 1.18 bits per heavy atom. The predicted molar refractivity (Wildman–Crippen MR) is 86.7 cm³/mol.